The van der Waals surface area contributed by atoms with Crippen molar-refractivity contribution >= 4 is 29.2 Å². The van der Waals surface area contributed by atoms with Crippen LogP contribution >= 0.6 is 23.2 Å². The summed E-state index contributed by atoms with van der Waals surface area (Å²) in [5.41, 5.74) is 0.516. The molecule has 0 bridgehead atoms. The number of hydrogen-bond donors (Lipinski definition) is 1. The van der Waals surface area contributed by atoms with E-state index in [1.807, 2.05) is 0 Å². The largest absolute Gasteiger partial charge is 0.495 e. The summed E-state index contributed by atoms with van der Waals surface area (Å²) in [7, 11) is 1.48. The summed E-state index contributed by atoms with van der Waals surface area (Å²) >= 11 is 11.9. The van der Waals surface area contributed by atoms with Crippen LogP contribution in [0.25, 0.3) is 0 Å². The maximum absolute atomic E-state index is 11.0. The molecular weight excluding hydrogens is 251 g/mol. The molecule has 1 N–H and O–H groups in total. The number of halogens is 2. The number of aliphatic carboxylic acids is 1. The Hall–Kier alpha value is -0.930. The van der Waals surface area contributed by atoms with Gasteiger partial charge in [-0.1, -0.05) is 30.1 Å². The van der Waals surface area contributed by atoms with Crippen LogP contribution in [0.3, 0.4) is 0 Å². The Morgan fingerprint density at radius 1 is 1.44 bits per heavy atom. The fourth-order valence-corrected chi connectivity index (χ4v) is 2.03. The molecule has 0 amide bonds. The van der Waals surface area contributed by atoms with Gasteiger partial charge in [-0.05, 0) is 18.1 Å². The summed E-state index contributed by atoms with van der Waals surface area (Å²) in [4.78, 5) is 11.0. The van der Waals surface area contributed by atoms with Gasteiger partial charge in [-0.25, -0.2) is 0 Å². The minimum Gasteiger partial charge on any atom is -0.495 e. The second kappa shape index (κ2) is 5.41. The van der Waals surface area contributed by atoms with Crippen LogP contribution in [0.15, 0.2) is 12.1 Å². The minimum absolute atomic E-state index is 0.357. The van der Waals surface area contributed by atoms with Gasteiger partial charge in [0.25, 0.3) is 0 Å². The van der Waals surface area contributed by atoms with Gasteiger partial charge in [-0.3, -0.25) is 4.79 Å². The molecule has 1 rings (SSSR count). The van der Waals surface area contributed by atoms with Gasteiger partial charge >= 0.3 is 5.97 Å². The number of benzene rings is 1. The lowest BCUT2D eigenvalue weighted by molar-refractivity contribution is -0.138. The average Bonchev–Trinajstić information content (AvgIpc) is 2.23. The molecule has 0 radical (unpaired) electrons. The van der Waals surface area contributed by atoms with Crippen molar-refractivity contribution in [2.75, 3.05) is 7.11 Å². The highest BCUT2D eigenvalue weighted by atomic mass is 35.5. The van der Waals surface area contributed by atoms with E-state index >= 15 is 0 Å². The van der Waals surface area contributed by atoms with E-state index in [2.05, 4.69) is 0 Å². The summed E-state index contributed by atoms with van der Waals surface area (Å²) < 4.78 is 4.99. The molecule has 1 unspecified atom stereocenters. The summed E-state index contributed by atoms with van der Waals surface area (Å²) in [5.74, 6) is -1.11. The predicted molar refractivity (Wildman–Crippen MR) is 63.7 cm³/mol. The molecule has 1 aromatic rings. The molecule has 1 atom stereocenters. The van der Waals surface area contributed by atoms with Gasteiger partial charge in [0.1, 0.15) is 5.75 Å². The van der Waals surface area contributed by atoms with E-state index in [1.165, 1.54) is 13.2 Å². The summed E-state index contributed by atoms with van der Waals surface area (Å²) in [5, 5.41) is 9.76. The first-order valence-corrected chi connectivity index (χ1v) is 5.52. The Labute approximate surface area is 104 Å². The third-order valence-electron chi connectivity index (χ3n) is 2.35. The molecule has 0 saturated carbocycles. The molecule has 0 aliphatic carbocycles. The number of carboxylic acid groups (broad SMARTS) is 1. The molecule has 3 nitrogen and oxygen atoms in total. The molecule has 0 heterocycles. The van der Waals surface area contributed by atoms with Gasteiger partial charge in [-0.2, -0.15) is 0 Å². The van der Waals surface area contributed by atoms with Crippen LogP contribution in [0.5, 0.6) is 5.75 Å². The molecule has 16 heavy (non-hydrogen) atoms. The van der Waals surface area contributed by atoms with E-state index in [0.29, 0.717) is 27.8 Å². The normalized spacial score (nSPS) is 12.2. The van der Waals surface area contributed by atoms with Gasteiger partial charge in [0, 0.05) is 11.1 Å². The molecule has 88 valence electrons. The fourth-order valence-electron chi connectivity index (χ4n) is 1.49. The van der Waals surface area contributed by atoms with Crippen LogP contribution in [0.1, 0.15) is 24.8 Å². The lowest BCUT2D eigenvalue weighted by Gasteiger charge is -2.14. The van der Waals surface area contributed by atoms with Crippen LogP contribution in [0.4, 0.5) is 0 Å². The average molecular weight is 263 g/mol. The van der Waals surface area contributed by atoms with Crippen molar-refractivity contribution in [2.45, 2.75) is 19.3 Å². The highest BCUT2D eigenvalue weighted by Gasteiger charge is 2.21. The van der Waals surface area contributed by atoms with Crippen molar-refractivity contribution in [1.29, 1.82) is 0 Å². The van der Waals surface area contributed by atoms with Gasteiger partial charge in [-0.15, -0.1) is 0 Å². The van der Waals surface area contributed by atoms with E-state index in [0.717, 1.165) is 0 Å². The number of carboxylic acids is 1. The molecule has 1 aromatic carbocycles. The van der Waals surface area contributed by atoms with Crippen molar-refractivity contribution in [3.05, 3.63) is 27.7 Å². The Kier molecular flexibility index (Phi) is 4.44. The molecule has 0 aliphatic rings. The molecule has 0 aliphatic heterocycles. The Balaban J connectivity index is 3.24. The first-order valence-electron chi connectivity index (χ1n) is 4.77. The quantitative estimate of drug-likeness (QED) is 0.903. The number of methoxy groups -OCH3 is 1. The fraction of sp³-hybridized carbons (Fsp3) is 0.364. The zero-order valence-corrected chi connectivity index (χ0v) is 10.5. The second-order valence-corrected chi connectivity index (χ2v) is 4.12. The van der Waals surface area contributed by atoms with Crippen molar-refractivity contribution in [3.8, 4) is 5.75 Å². The van der Waals surface area contributed by atoms with Gasteiger partial charge < -0.3 is 9.84 Å². The van der Waals surface area contributed by atoms with E-state index in [4.69, 9.17) is 33.0 Å². The van der Waals surface area contributed by atoms with Crippen LogP contribution < -0.4 is 4.74 Å². The standard InChI is InChI=1S/C11H12Cl2O3/c1-3-6(11(14)15)7-4-9(13)10(16-2)5-8(7)12/h4-6H,3H2,1-2H3,(H,14,15). The third-order valence-corrected chi connectivity index (χ3v) is 2.98. The van der Waals surface area contributed by atoms with Gasteiger partial charge in [0.2, 0.25) is 0 Å². The minimum atomic E-state index is -0.911. The van der Waals surface area contributed by atoms with E-state index < -0.39 is 11.9 Å². The summed E-state index contributed by atoms with van der Waals surface area (Å²) in [6.45, 7) is 1.78. The summed E-state index contributed by atoms with van der Waals surface area (Å²) in [6.07, 6.45) is 0.456. The monoisotopic (exact) mass is 262 g/mol. The van der Waals surface area contributed by atoms with Crippen LogP contribution in [-0.4, -0.2) is 18.2 Å². The SMILES string of the molecule is CCC(C(=O)O)c1cc(Cl)c(OC)cc1Cl. The maximum Gasteiger partial charge on any atom is 0.311 e. The molecule has 0 saturated heterocycles. The van der Waals surface area contributed by atoms with Gasteiger partial charge in [0.15, 0.2) is 0 Å². The first kappa shape index (κ1) is 13.1. The Morgan fingerprint density at radius 3 is 2.50 bits per heavy atom. The smallest absolute Gasteiger partial charge is 0.311 e. The van der Waals surface area contributed by atoms with E-state index in [-0.39, 0.29) is 0 Å². The van der Waals surface area contributed by atoms with Crippen LogP contribution in [-0.2, 0) is 4.79 Å². The zero-order valence-electron chi connectivity index (χ0n) is 8.96. The van der Waals surface area contributed by atoms with Gasteiger partial charge in [0.05, 0.1) is 18.1 Å². The predicted octanol–water partition coefficient (Wildman–Crippen LogP) is 3.58. The Morgan fingerprint density at radius 2 is 2.06 bits per heavy atom. The lowest BCUT2D eigenvalue weighted by Crippen LogP contribution is -2.11. The summed E-state index contributed by atoms with van der Waals surface area (Å²) in [6, 6.07) is 3.08. The first-order chi connectivity index (χ1) is 7.51. The second-order valence-electron chi connectivity index (χ2n) is 3.31. The van der Waals surface area contributed by atoms with Crippen LogP contribution in [0, 0.1) is 0 Å². The molecule has 0 fully saturated rings. The Bertz CT molecular complexity index is 404. The van der Waals surface area contributed by atoms with Crippen molar-refractivity contribution < 1.29 is 14.6 Å². The van der Waals surface area contributed by atoms with Crippen LogP contribution in [0.2, 0.25) is 10.0 Å². The maximum atomic E-state index is 11.0. The van der Waals surface area contributed by atoms with E-state index in [1.54, 1.807) is 13.0 Å². The van der Waals surface area contributed by atoms with Crippen molar-refractivity contribution in [2.24, 2.45) is 0 Å². The topological polar surface area (TPSA) is 46.5 Å². The number of rotatable bonds is 4. The highest BCUT2D eigenvalue weighted by Crippen LogP contribution is 2.35. The molecule has 5 heteroatoms. The lowest BCUT2D eigenvalue weighted by atomic mass is 9.96. The number of ether oxygens (including phenoxy) is 1. The van der Waals surface area contributed by atoms with Crippen molar-refractivity contribution in [1.82, 2.24) is 0 Å². The molecule has 0 aromatic heterocycles. The highest BCUT2D eigenvalue weighted by molar-refractivity contribution is 6.35. The zero-order chi connectivity index (χ0) is 12.3. The third kappa shape index (κ3) is 2.60. The van der Waals surface area contributed by atoms with E-state index in [9.17, 15) is 4.79 Å². The molecular formula is C11H12Cl2O3. The number of carbonyl (C=O) groups is 1. The van der Waals surface area contributed by atoms with Crippen molar-refractivity contribution in [3.63, 3.8) is 0 Å². The number of hydrogen-bond acceptors (Lipinski definition) is 2. The molecule has 0 spiro atoms.